The lowest BCUT2D eigenvalue weighted by atomic mass is 10.1. The molecule has 7 heteroatoms. The van der Waals surface area contributed by atoms with E-state index in [1.54, 1.807) is 16.1 Å². The fraction of sp³-hybridized carbons (Fsp3) is 0.368. The number of rotatable bonds is 4. The smallest absolute Gasteiger partial charge is 0.321 e. The molecule has 0 aliphatic carbocycles. The van der Waals surface area contributed by atoms with Crippen LogP contribution >= 0.6 is 0 Å². The second-order valence-corrected chi connectivity index (χ2v) is 6.14. The van der Waals surface area contributed by atoms with Crippen LogP contribution in [0.3, 0.4) is 0 Å². The minimum atomic E-state index is -0.164. The van der Waals surface area contributed by atoms with Crippen LogP contribution in [0.15, 0.2) is 47.1 Å². The van der Waals surface area contributed by atoms with Crippen molar-refractivity contribution in [3.63, 3.8) is 0 Å². The Hall–Kier alpha value is -2.80. The predicted octanol–water partition coefficient (Wildman–Crippen LogP) is 2.66. The molecular weight excluding hydrogens is 334 g/mol. The molecular formula is C19H23N3O4. The maximum absolute atomic E-state index is 12.6. The Balaban J connectivity index is 1.60. The summed E-state index contributed by atoms with van der Waals surface area (Å²) in [6.45, 7) is 2.34. The van der Waals surface area contributed by atoms with Crippen molar-refractivity contribution in [3.05, 3.63) is 42.7 Å². The number of anilines is 1. The number of methoxy groups -OCH3 is 1. The Labute approximate surface area is 152 Å². The van der Waals surface area contributed by atoms with E-state index >= 15 is 0 Å². The summed E-state index contributed by atoms with van der Waals surface area (Å²) in [5, 5.41) is 2.93. The highest BCUT2D eigenvalue weighted by atomic mass is 16.5. The molecule has 0 spiro atoms. The first kappa shape index (κ1) is 18.0. The topological polar surface area (TPSA) is 75.0 Å². The van der Waals surface area contributed by atoms with Crippen molar-refractivity contribution >= 4 is 17.6 Å². The Kier molecular flexibility index (Phi) is 5.91. The van der Waals surface area contributed by atoms with E-state index in [0.717, 1.165) is 17.7 Å². The lowest BCUT2D eigenvalue weighted by Crippen LogP contribution is -2.40. The fourth-order valence-corrected chi connectivity index (χ4v) is 2.98. The number of furan rings is 1. The first-order valence-electron chi connectivity index (χ1n) is 8.64. The van der Waals surface area contributed by atoms with Gasteiger partial charge in [-0.2, -0.15) is 0 Å². The van der Waals surface area contributed by atoms with Crippen molar-refractivity contribution in [2.45, 2.75) is 6.42 Å². The van der Waals surface area contributed by atoms with Gasteiger partial charge in [0.1, 0.15) is 12.4 Å². The Morgan fingerprint density at radius 3 is 2.69 bits per heavy atom. The fourth-order valence-electron chi connectivity index (χ4n) is 2.98. The molecule has 0 atom stereocenters. The normalized spacial score (nSPS) is 14.8. The lowest BCUT2D eigenvalue weighted by Gasteiger charge is -2.22. The second-order valence-electron chi connectivity index (χ2n) is 6.14. The van der Waals surface area contributed by atoms with Gasteiger partial charge in [0.05, 0.1) is 6.26 Å². The van der Waals surface area contributed by atoms with Crippen molar-refractivity contribution in [1.29, 1.82) is 0 Å². The summed E-state index contributed by atoms with van der Waals surface area (Å²) in [6, 6.07) is 11.1. The molecule has 0 radical (unpaired) electrons. The average Bonchev–Trinajstić information content (AvgIpc) is 3.06. The van der Waals surface area contributed by atoms with Crippen molar-refractivity contribution < 1.29 is 18.7 Å². The number of carbonyl (C=O) groups is 2. The third-order valence-electron chi connectivity index (χ3n) is 4.32. The highest BCUT2D eigenvalue weighted by Gasteiger charge is 2.22. The summed E-state index contributed by atoms with van der Waals surface area (Å²) in [4.78, 5) is 28.0. The molecule has 2 heterocycles. The molecule has 138 valence electrons. The van der Waals surface area contributed by atoms with Crippen LogP contribution in [0.4, 0.5) is 10.5 Å². The van der Waals surface area contributed by atoms with Gasteiger partial charge in [0.25, 0.3) is 0 Å². The molecule has 2 aromatic rings. The van der Waals surface area contributed by atoms with Crippen LogP contribution in [-0.4, -0.2) is 61.6 Å². The largest absolute Gasteiger partial charge is 0.464 e. The third kappa shape index (κ3) is 4.43. The van der Waals surface area contributed by atoms with E-state index in [0.29, 0.717) is 31.9 Å². The summed E-state index contributed by atoms with van der Waals surface area (Å²) < 4.78 is 10.3. The zero-order chi connectivity index (χ0) is 18.4. The van der Waals surface area contributed by atoms with Crippen molar-refractivity contribution in [2.24, 2.45) is 0 Å². The van der Waals surface area contributed by atoms with Crippen LogP contribution in [0.25, 0.3) is 11.3 Å². The molecule has 1 aliphatic heterocycles. The number of carbonyl (C=O) groups excluding carboxylic acids is 2. The average molecular weight is 357 g/mol. The lowest BCUT2D eigenvalue weighted by molar-refractivity contribution is -0.134. The maximum atomic E-state index is 12.6. The zero-order valence-corrected chi connectivity index (χ0v) is 14.8. The van der Waals surface area contributed by atoms with Crippen LogP contribution in [0.5, 0.6) is 0 Å². The first-order chi connectivity index (χ1) is 12.7. The number of amides is 3. The van der Waals surface area contributed by atoms with Crippen molar-refractivity contribution in [1.82, 2.24) is 9.80 Å². The molecule has 1 aromatic carbocycles. The van der Waals surface area contributed by atoms with Crippen LogP contribution in [-0.2, 0) is 9.53 Å². The first-order valence-corrected chi connectivity index (χ1v) is 8.64. The maximum Gasteiger partial charge on any atom is 0.321 e. The predicted molar refractivity (Wildman–Crippen MR) is 97.8 cm³/mol. The number of benzene rings is 1. The SMILES string of the molecule is COCC(=O)N1CCCN(C(=O)Nc2cccc(-c3ccco3)c2)CC1. The number of hydrogen-bond acceptors (Lipinski definition) is 4. The summed E-state index contributed by atoms with van der Waals surface area (Å²) >= 11 is 0. The molecule has 7 nitrogen and oxygen atoms in total. The standard InChI is InChI=1S/C19H23N3O4/c1-25-14-18(23)21-8-4-9-22(11-10-21)19(24)20-16-6-2-5-15(13-16)17-7-3-12-26-17/h2-3,5-7,12-13H,4,8-11,14H2,1H3,(H,20,24). The molecule has 3 rings (SSSR count). The Bertz CT molecular complexity index is 745. The summed E-state index contributed by atoms with van der Waals surface area (Å²) in [7, 11) is 1.51. The zero-order valence-electron chi connectivity index (χ0n) is 14.8. The highest BCUT2D eigenvalue weighted by molar-refractivity contribution is 5.90. The van der Waals surface area contributed by atoms with Crippen LogP contribution < -0.4 is 5.32 Å². The second kappa shape index (κ2) is 8.53. The molecule has 3 amide bonds. The number of nitrogens with zero attached hydrogens (tertiary/aromatic N) is 2. The van der Waals surface area contributed by atoms with Gasteiger partial charge in [0.15, 0.2) is 0 Å². The van der Waals surface area contributed by atoms with Gasteiger partial charge in [-0.15, -0.1) is 0 Å². The molecule has 1 aromatic heterocycles. The molecule has 0 bridgehead atoms. The highest BCUT2D eigenvalue weighted by Crippen LogP contribution is 2.23. The number of hydrogen-bond donors (Lipinski definition) is 1. The van der Waals surface area contributed by atoms with Crippen LogP contribution in [0.1, 0.15) is 6.42 Å². The van der Waals surface area contributed by atoms with Gasteiger partial charge in [0.2, 0.25) is 5.91 Å². The summed E-state index contributed by atoms with van der Waals surface area (Å²) in [5.74, 6) is 0.712. The van der Waals surface area contributed by atoms with Gasteiger partial charge < -0.3 is 24.3 Å². The van der Waals surface area contributed by atoms with E-state index in [9.17, 15) is 9.59 Å². The van der Waals surface area contributed by atoms with E-state index in [-0.39, 0.29) is 18.5 Å². The van der Waals surface area contributed by atoms with Gasteiger partial charge in [-0.3, -0.25) is 4.79 Å². The molecule has 0 saturated carbocycles. The van der Waals surface area contributed by atoms with Gasteiger partial charge in [0, 0.05) is 44.5 Å². The quantitative estimate of drug-likeness (QED) is 0.913. The van der Waals surface area contributed by atoms with Gasteiger partial charge in [-0.25, -0.2) is 4.79 Å². The van der Waals surface area contributed by atoms with E-state index in [4.69, 9.17) is 9.15 Å². The van der Waals surface area contributed by atoms with Gasteiger partial charge in [-0.1, -0.05) is 12.1 Å². The molecule has 0 unspecified atom stereocenters. The van der Waals surface area contributed by atoms with E-state index in [1.165, 1.54) is 7.11 Å². The van der Waals surface area contributed by atoms with E-state index < -0.39 is 0 Å². The van der Waals surface area contributed by atoms with Crippen LogP contribution in [0, 0.1) is 0 Å². The summed E-state index contributed by atoms with van der Waals surface area (Å²) in [5.41, 5.74) is 1.61. The molecule has 1 fully saturated rings. The van der Waals surface area contributed by atoms with Crippen molar-refractivity contribution in [2.75, 3.05) is 45.2 Å². The summed E-state index contributed by atoms with van der Waals surface area (Å²) in [6.07, 6.45) is 2.36. The van der Waals surface area contributed by atoms with Gasteiger partial charge in [-0.05, 0) is 30.7 Å². The third-order valence-corrected chi connectivity index (χ3v) is 4.32. The Morgan fingerprint density at radius 2 is 1.92 bits per heavy atom. The number of urea groups is 1. The molecule has 26 heavy (non-hydrogen) atoms. The minimum Gasteiger partial charge on any atom is -0.464 e. The minimum absolute atomic E-state index is 0.0408. The molecule has 1 saturated heterocycles. The van der Waals surface area contributed by atoms with Crippen LogP contribution in [0.2, 0.25) is 0 Å². The number of nitrogens with one attached hydrogen (secondary N) is 1. The van der Waals surface area contributed by atoms with E-state index in [2.05, 4.69) is 5.32 Å². The van der Waals surface area contributed by atoms with Gasteiger partial charge >= 0.3 is 6.03 Å². The monoisotopic (exact) mass is 357 g/mol. The van der Waals surface area contributed by atoms with Crippen molar-refractivity contribution in [3.8, 4) is 11.3 Å². The Morgan fingerprint density at radius 1 is 1.12 bits per heavy atom. The molecule has 1 N–H and O–H groups in total. The number of ether oxygens (including phenoxy) is 1. The molecule has 1 aliphatic rings. The van der Waals surface area contributed by atoms with E-state index in [1.807, 2.05) is 36.4 Å².